The molecule has 0 unspecified atom stereocenters. The Kier molecular flexibility index (Phi) is 3.02. The molecule has 2 heterocycles. The Hall–Kier alpha value is -2.28. The molecule has 23 heavy (non-hydrogen) atoms. The minimum atomic E-state index is -0.967. The topological polar surface area (TPSA) is 107 Å². The fourth-order valence-electron chi connectivity index (χ4n) is 3.58. The molecule has 2 aliphatic rings. The number of nitrogens with two attached hydrogens (primary N) is 1. The molecule has 1 aliphatic carbocycles. The molecule has 7 heteroatoms. The summed E-state index contributed by atoms with van der Waals surface area (Å²) >= 11 is 0. The molecule has 5 N–H and O–H groups in total. The van der Waals surface area contributed by atoms with E-state index in [1.165, 1.54) is 0 Å². The van der Waals surface area contributed by atoms with Crippen LogP contribution in [0, 0.1) is 6.92 Å². The Labute approximate surface area is 133 Å². The van der Waals surface area contributed by atoms with Gasteiger partial charge >= 0.3 is 6.09 Å². The van der Waals surface area contributed by atoms with Crippen LogP contribution in [0.1, 0.15) is 30.7 Å². The standard InChI is InChI=1S/C16H21N5O2/c1-9-18-12-3-2-11(16(17)5-6-16)14(13(12)19-9)21-7-4-10(8-21)20-15(22)23/h2-3,10,20H,4-8,17H2,1H3,(H,18,19)(H,22,23)/t10-/m0/s1. The van der Waals surface area contributed by atoms with E-state index in [1.54, 1.807) is 0 Å². The van der Waals surface area contributed by atoms with Gasteiger partial charge in [-0.1, -0.05) is 6.07 Å². The fourth-order valence-corrected chi connectivity index (χ4v) is 3.58. The number of rotatable bonds is 3. The van der Waals surface area contributed by atoms with Gasteiger partial charge in [0.05, 0.1) is 22.8 Å². The summed E-state index contributed by atoms with van der Waals surface area (Å²) in [5.41, 5.74) is 10.4. The van der Waals surface area contributed by atoms with Crippen molar-refractivity contribution >= 4 is 22.8 Å². The number of aryl methyl sites for hydroxylation is 1. The van der Waals surface area contributed by atoms with Gasteiger partial charge in [0.1, 0.15) is 5.82 Å². The maximum atomic E-state index is 10.9. The Morgan fingerprint density at radius 3 is 3.00 bits per heavy atom. The molecule has 1 saturated heterocycles. The number of carbonyl (C=O) groups is 1. The van der Waals surface area contributed by atoms with E-state index in [2.05, 4.69) is 26.3 Å². The molecule has 7 nitrogen and oxygen atoms in total. The lowest BCUT2D eigenvalue weighted by atomic mass is 10.0. The number of H-pyrrole nitrogens is 1. The van der Waals surface area contributed by atoms with Gasteiger partial charge in [-0.3, -0.25) is 0 Å². The first-order valence-electron chi connectivity index (χ1n) is 7.99. The second-order valence-electron chi connectivity index (χ2n) is 6.72. The van der Waals surface area contributed by atoms with Gasteiger partial charge in [0.25, 0.3) is 0 Å². The number of amides is 1. The summed E-state index contributed by atoms with van der Waals surface area (Å²) in [5.74, 6) is 0.875. The molecular formula is C16H21N5O2. The number of imidazole rings is 1. The minimum Gasteiger partial charge on any atom is -0.465 e. The van der Waals surface area contributed by atoms with Crippen molar-refractivity contribution in [2.75, 3.05) is 18.0 Å². The molecule has 2 fully saturated rings. The monoisotopic (exact) mass is 315 g/mol. The van der Waals surface area contributed by atoms with E-state index in [4.69, 9.17) is 10.8 Å². The lowest BCUT2D eigenvalue weighted by Crippen LogP contribution is -2.36. The van der Waals surface area contributed by atoms with E-state index in [-0.39, 0.29) is 11.6 Å². The average molecular weight is 315 g/mol. The van der Waals surface area contributed by atoms with Crippen LogP contribution in [0.2, 0.25) is 0 Å². The van der Waals surface area contributed by atoms with Crippen LogP contribution in [0.5, 0.6) is 0 Å². The maximum absolute atomic E-state index is 10.9. The third-order valence-electron chi connectivity index (χ3n) is 4.91. The number of benzene rings is 1. The largest absolute Gasteiger partial charge is 0.465 e. The van der Waals surface area contributed by atoms with Crippen LogP contribution >= 0.6 is 0 Å². The molecule has 1 saturated carbocycles. The van der Waals surface area contributed by atoms with Gasteiger partial charge in [0.15, 0.2) is 0 Å². The summed E-state index contributed by atoms with van der Waals surface area (Å²) in [7, 11) is 0. The minimum absolute atomic E-state index is 0.0486. The molecule has 1 atom stereocenters. The first-order chi connectivity index (χ1) is 11.0. The van der Waals surface area contributed by atoms with Crippen LogP contribution in [0.15, 0.2) is 12.1 Å². The summed E-state index contributed by atoms with van der Waals surface area (Å²) in [6, 6.07) is 4.06. The number of nitrogens with one attached hydrogen (secondary N) is 2. The lowest BCUT2D eigenvalue weighted by molar-refractivity contribution is 0.191. The lowest BCUT2D eigenvalue weighted by Gasteiger charge is -2.25. The highest BCUT2D eigenvalue weighted by molar-refractivity contribution is 5.92. The molecule has 122 valence electrons. The molecule has 0 spiro atoms. The van der Waals surface area contributed by atoms with Gasteiger partial charge in [-0.05, 0) is 37.8 Å². The molecular weight excluding hydrogens is 294 g/mol. The highest BCUT2D eigenvalue weighted by Gasteiger charge is 2.43. The van der Waals surface area contributed by atoms with Crippen LogP contribution in [-0.2, 0) is 5.54 Å². The summed E-state index contributed by atoms with van der Waals surface area (Å²) in [5, 5.41) is 11.5. The number of aromatic nitrogens is 2. The molecule has 4 rings (SSSR count). The first-order valence-corrected chi connectivity index (χ1v) is 7.99. The molecule has 1 aromatic heterocycles. The highest BCUT2D eigenvalue weighted by atomic mass is 16.4. The normalized spacial score (nSPS) is 22.5. The maximum Gasteiger partial charge on any atom is 0.404 e. The molecule has 0 radical (unpaired) electrons. The zero-order valence-electron chi connectivity index (χ0n) is 13.1. The number of aromatic amines is 1. The number of hydrogen-bond acceptors (Lipinski definition) is 4. The number of carboxylic acid groups (broad SMARTS) is 1. The summed E-state index contributed by atoms with van der Waals surface area (Å²) < 4.78 is 0. The van der Waals surface area contributed by atoms with Gasteiger partial charge in [0, 0.05) is 18.6 Å². The summed E-state index contributed by atoms with van der Waals surface area (Å²) in [6.45, 7) is 3.41. The molecule has 1 aromatic carbocycles. The van der Waals surface area contributed by atoms with Gasteiger partial charge in [0.2, 0.25) is 0 Å². The molecule has 1 aliphatic heterocycles. The smallest absolute Gasteiger partial charge is 0.404 e. The predicted molar refractivity (Wildman–Crippen MR) is 87.7 cm³/mol. The fraction of sp³-hybridized carbons (Fsp3) is 0.500. The number of hydrogen-bond donors (Lipinski definition) is 4. The van der Waals surface area contributed by atoms with Crippen molar-refractivity contribution in [2.45, 2.75) is 37.8 Å². The number of anilines is 1. The van der Waals surface area contributed by atoms with Crippen molar-refractivity contribution < 1.29 is 9.90 Å². The SMILES string of the molecule is Cc1nc2ccc(C3(N)CC3)c(N3CC[C@H](NC(=O)O)C3)c2[nH]1. The van der Waals surface area contributed by atoms with Crippen molar-refractivity contribution in [1.82, 2.24) is 15.3 Å². The van der Waals surface area contributed by atoms with E-state index < -0.39 is 6.09 Å². The summed E-state index contributed by atoms with van der Waals surface area (Å²) in [6.07, 6.45) is 1.81. The van der Waals surface area contributed by atoms with Gasteiger partial charge in [-0.15, -0.1) is 0 Å². The van der Waals surface area contributed by atoms with Crippen molar-refractivity contribution in [3.63, 3.8) is 0 Å². The van der Waals surface area contributed by atoms with E-state index in [1.807, 2.05) is 13.0 Å². The number of fused-ring (bicyclic) bond motifs is 1. The van der Waals surface area contributed by atoms with Crippen molar-refractivity contribution in [1.29, 1.82) is 0 Å². The van der Waals surface area contributed by atoms with Gasteiger partial charge in [-0.25, -0.2) is 9.78 Å². The number of nitrogens with zero attached hydrogens (tertiary/aromatic N) is 2. The molecule has 1 amide bonds. The van der Waals surface area contributed by atoms with E-state index >= 15 is 0 Å². The van der Waals surface area contributed by atoms with E-state index in [9.17, 15) is 4.79 Å². The summed E-state index contributed by atoms with van der Waals surface area (Å²) in [4.78, 5) is 21.0. The molecule has 2 aromatic rings. The zero-order valence-corrected chi connectivity index (χ0v) is 13.1. The third kappa shape index (κ3) is 2.41. The average Bonchev–Trinajstić information content (AvgIpc) is 2.92. The van der Waals surface area contributed by atoms with E-state index in [0.29, 0.717) is 6.54 Å². The first kappa shape index (κ1) is 14.3. The predicted octanol–water partition coefficient (Wildman–Crippen LogP) is 1.67. The van der Waals surface area contributed by atoms with Gasteiger partial charge in [-0.2, -0.15) is 0 Å². The van der Waals surface area contributed by atoms with Crippen molar-refractivity contribution in [3.8, 4) is 0 Å². The Morgan fingerprint density at radius 1 is 1.52 bits per heavy atom. The Balaban J connectivity index is 1.77. The van der Waals surface area contributed by atoms with Crippen LogP contribution in [0.3, 0.4) is 0 Å². The van der Waals surface area contributed by atoms with Crippen molar-refractivity contribution in [3.05, 3.63) is 23.5 Å². The van der Waals surface area contributed by atoms with Gasteiger partial charge < -0.3 is 26.0 Å². The second-order valence-corrected chi connectivity index (χ2v) is 6.72. The van der Waals surface area contributed by atoms with Crippen LogP contribution < -0.4 is 16.0 Å². The Morgan fingerprint density at radius 2 is 2.30 bits per heavy atom. The molecule has 0 bridgehead atoms. The van der Waals surface area contributed by atoms with Crippen LogP contribution in [0.4, 0.5) is 10.5 Å². The van der Waals surface area contributed by atoms with E-state index in [0.717, 1.165) is 53.9 Å². The quantitative estimate of drug-likeness (QED) is 0.689. The second kappa shape index (κ2) is 4.86. The third-order valence-corrected chi connectivity index (χ3v) is 4.91. The zero-order chi connectivity index (χ0) is 16.2. The highest BCUT2D eigenvalue weighted by Crippen LogP contribution is 2.48. The van der Waals surface area contributed by atoms with Crippen LogP contribution in [0.25, 0.3) is 11.0 Å². The van der Waals surface area contributed by atoms with Crippen LogP contribution in [-0.4, -0.2) is 40.3 Å². The van der Waals surface area contributed by atoms with Crippen molar-refractivity contribution in [2.24, 2.45) is 5.73 Å². The Bertz CT molecular complexity index is 780.